The van der Waals surface area contributed by atoms with Crippen LogP contribution in [0.25, 0.3) is 0 Å². The normalized spacial score (nSPS) is 31.2. The lowest BCUT2D eigenvalue weighted by Gasteiger charge is -2.35. The smallest absolute Gasteiger partial charge is 0.00182 e. The van der Waals surface area contributed by atoms with E-state index >= 15 is 0 Å². The highest BCUT2D eigenvalue weighted by molar-refractivity contribution is 5.29. The fourth-order valence-electron chi connectivity index (χ4n) is 4.83. The van der Waals surface area contributed by atoms with Crippen molar-refractivity contribution in [3.8, 4) is 0 Å². The molecule has 1 fully saturated rings. The number of rotatable bonds is 5. The van der Waals surface area contributed by atoms with E-state index in [9.17, 15) is 0 Å². The van der Waals surface area contributed by atoms with Gasteiger partial charge in [-0.05, 0) is 61.0 Å². The molecule has 2 aliphatic rings. The standard InChI is InChI=1S/C23H34/c1-3-5-19-8-12-21(13-9-19)23-16-14-22(15-17-23)20-10-6-18(4-2)7-11-20/h6-7,10-11,14,16,19,21-23H,3-5,8-9,12-13,15,17H2,1-2H3. The second kappa shape index (κ2) is 8.18. The Labute approximate surface area is 143 Å². The Morgan fingerprint density at radius 3 is 2.13 bits per heavy atom. The van der Waals surface area contributed by atoms with Crippen molar-refractivity contribution in [1.29, 1.82) is 0 Å². The maximum Gasteiger partial charge on any atom is 0.00182 e. The molecule has 2 unspecified atom stereocenters. The van der Waals surface area contributed by atoms with E-state index in [2.05, 4.69) is 50.3 Å². The van der Waals surface area contributed by atoms with Crippen molar-refractivity contribution in [3.05, 3.63) is 47.5 Å². The second-order valence-electron chi connectivity index (χ2n) is 7.90. The van der Waals surface area contributed by atoms with Gasteiger partial charge in [0.25, 0.3) is 0 Å². The molecule has 0 spiro atoms. The number of hydrogen-bond acceptors (Lipinski definition) is 0. The van der Waals surface area contributed by atoms with Crippen LogP contribution in [0.1, 0.15) is 82.3 Å². The Bertz CT molecular complexity index is 487. The molecular formula is C23H34. The van der Waals surface area contributed by atoms with E-state index in [1.807, 2.05) is 0 Å². The van der Waals surface area contributed by atoms with E-state index in [1.54, 1.807) is 0 Å². The number of hydrogen-bond donors (Lipinski definition) is 0. The molecule has 2 aliphatic carbocycles. The summed E-state index contributed by atoms with van der Waals surface area (Å²) in [6.07, 6.45) is 17.8. The molecule has 0 aliphatic heterocycles. The molecule has 1 aromatic rings. The van der Waals surface area contributed by atoms with Crippen LogP contribution in [-0.4, -0.2) is 0 Å². The molecule has 0 bridgehead atoms. The molecule has 1 aromatic carbocycles. The molecule has 0 saturated heterocycles. The van der Waals surface area contributed by atoms with Gasteiger partial charge in [-0.25, -0.2) is 0 Å². The minimum Gasteiger partial charge on any atom is -0.0845 e. The zero-order valence-electron chi connectivity index (χ0n) is 15.1. The summed E-state index contributed by atoms with van der Waals surface area (Å²) < 4.78 is 0. The van der Waals surface area contributed by atoms with Crippen molar-refractivity contribution in [3.63, 3.8) is 0 Å². The Morgan fingerprint density at radius 2 is 1.57 bits per heavy atom. The lowest BCUT2D eigenvalue weighted by atomic mass is 9.70. The van der Waals surface area contributed by atoms with E-state index in [0.29, 0.717) is 5.92 Å². The summed E-state index contributed by atoms with van der Waals surface area (Å²) in [5, 5.41) is 0. The highest BCUT2D eigenvalue weighted by atomic mass is 14.3. The molecule has 0 heterocycles. The van der Waals surface area contributed by atoms with Crippen molar-refractivity contribution in [2.45, 2.75) is 77.6 Å². The molecule has 0 nitrogen and oxygen atoms in total. The van der Waals surface area contributed by atoms with Gasteiger partial charge in [-0.3, -0.25) is 0 Å². The first-order valence-corrected chi connectivity index (χ1v) is 10.1. The molecule has 1 saturated carbocycles. The minimum absolute atomic E-state index is 0.661. The fraction of sp³-hybridized carbons (Fsp3) is 0.652. The van der Waals surface area contributed by atoms with Gasteiger partial charge in [-0.2, -0.15) is 0 Å². The first kappa shape index (κ1) is 16.8. The molecular weight excluding hydrogens is 276 g/mol. The van der Waals surface area contributed by atoms with E-state index < -0.39 is 0 Å². The lowest BCUT2D eigenvalue weighted by molar-refractivity contribution is 0.209. The summed E-state index contributed by atoms with van der Waals surface area (Å²) in [7, 11) is 0. The molecule has 3 rings (SSSR count). The van der Waals surface area contributed by atoms with Crippen molar-refractivity contribution >= 4 is 0 Å². The van der Waals surface area contributed by atoms with Crippen LogP contribution in [0.4, 0.5) is 0 Å². The van der Waals surface area contributed by atoms with Crippen LogP contribution < -0.4 is 0 Å². The Hall–Kier alpha value is -1.04. The molecule has 0 aromatic heterocycles. The average Bonchev–Trinajstić information content (AvgIpc) is 2.63. The number of benzene rings is 1. The van der Waals surface area contributed by atoms with E-state index in [0.717, 1.165) is 24.2 Å². The highest BCUT2D eigenvalue weighted by Gasteiger charge is 2.28. The Balaban J connectivity index is 1.54. The summed E-state index contributed by atoms with van der Waals surface area (Å²) in [6.45, 7) is 4.57. The van der Waals surface area contributed by atoms with Gasteiger partial charge < -0.3 is 0 Å². The van der Waals surface area contributed by atoms with Crippen LogP contribution >= 0.6 is 0 Å². The predicted octanol–water partition coefficient (Wildman–Crippen LogP) is 6.91. The SMILES string of the molecule is CCCC1CCC(C2C=CC(c3ccc(CC)cc3)CC2)CC1. The van der Waals surface area contributed by atoms with Crippen LogP contribution in [0.15, 0.2) is 36.4 Å². The number of aryl methyl sites for hydroxylation is 1. The van der Waals surface area contributed by atoms with Crippen LogP contribution in [0.2, 0.25) is 0 Å². The Morgan fingerprint density at radius 1 is 0.826 bits per heavy atom. The maximum absolute atomic E-state index is 2.58. The van der Waals surface area contributed by atoms with Gasteiger partial charge in [0, 0.05) is 5.92 Å². The van der Waals surface area contributed by atoms with Crippen molar-refractivity contribution in [2.75, 3.05) is 0 Å². The van der Waals surface area contributed by atoms with E-state index in [-0.39, 0.29) is 0 Å². The fourth-order valence-corrected chi connectivity index (χ4v) is 4.83. The monoisotopic (exact) mass is 310 g/mol. The van der Waals surface area contributed by atoms with Crippen molar-refractivity contribution in [1.82, 2.24) is 0 Å². The van der Waals surface area contributed by atoms with Gasteiger partial charge in [0.15, 0.2) is 0 Å². The molecule has 0 amide bonds. The van der Waals surface area contributed by atoms with Gasteiger partial charge >= 0.3 is 0 Å². The van der Waals surface area contributed by atoms with Crippen molar-refractivity contribution in [2.24, 2.45) is 17.8 Å². The quantitative estimate of drug-likeness (QED) is 0.518. The van der Waals surface area contributed by atoms with Crippen molar-refractivity contribution < 1.29 is 0 Å². The maximum atomic E-state index is 2.58. The zero-order valence-corrected chi connectivity index (χ0v) is 15.1. The summed E-state index contributed by atoms with van der Waals surface area (Å²) >= 11 is 0. The number of allylic oxidation sites excluding steroid dienone is 2. The van der Waals surface area contributed by atoms with Gasteiger partial charge in [0.05, 0.1) is 0 Å². The predicted molar refractivity (Wildman–Crippen MR) is 101 cm³/mol. The molecule has 23 heavy (non-hydrogen) atoms. The zero-order chi connectivity index (χ0) is 16.1. The minimum atomic E-state index is 0.661. The van der Waals surface area contributed by atoms with Gasteiger partial charge in [0.2, 0.25) is 0 Å². The third kappa shape index (κ3) is 4.28. The average molecular weight is 311 g/mol. The molecule has 126 valence electrons. The Kier molecular flexibility index (Phi) is 5.97. The third-order valence-electron chi connectivity index (χ3n) is 6.41. The molecule has 0 radical (unpaired) electrons. The van der Waals surface area contributed by atoms with Crippen LogP contribution in [0.3, 0.4) is 0 Å². The topological polar surface area (TPSA) is 0 Å². The summed E-state index contributed by atoms with van der Waals surface area (Å²) in [5.41, 5.74) is 2.97. The first-order chi connectivity index (χ1) is 11.3. The molecule has 0 N–H and O–H groups in total. The summed E-state index contributed by atoms with van der Waals surface area (Å²) in [4.78, 5) is 0. The second-order valence-corrected chi connectivity index (χ2v) is 7.90. The van der Waals surface area contributed by atoms with E-state index in [4.69, 9.17) is 0 Å². The van der Waals surface area contributed by atoms with Crippen LogP contribution in [0.5, 0.6) is 0 Å². The van der Waals surface area contributed by atoms with Crippen LogP contribution in [0, 0.1) is 17.8 Å². The van der Waals surface area contributed by atoms with Crippen LogP contribution in [-0.2, 0) is 6.42 Å². The summed E-state index contributed by atoms with van der Waals surface area (Å²) in [5.74, 6) is 3.54. The third-order valence-corrected chi connectivity index (χ3v) is 6.41. The van der Waals surface area contributed by atoms with Gasteiger partial charge in [-0.1, -0.05) is 75.9 Å². The summed E-state index contributed by atoms with van der Waals surface area (Å²) in [6, 6.07) is 9.32. The van der Waals surface area contributed by atoms with Gasteiger partial charge in [-0.15, -0.1) is 0 Å². The largest absolute Gasteiger partial charge is 0.0845 e. The molecule has 2 atom stereocenters. The molecule has 0 heteroatoms. The van der Waals surface area contributed by atoms with E-state index in [1.165, 1.54) is 62.5 Å². The lowest BCUT2D eigenvalue weighted by Crippen LogP contribution is -2.22. The van der Waals surface area contributed by atoms with Gasteiger partial charge in [0.1, 0.15) is 0 Å². The first-order valence-electron chi connectivity index (χ1n) is 10.1. The highest BCUT2D eigenvalue weighted by Crippen LogP contribution is 2.41.